The van der Waals surface area contributed by atoms with Crippen LogP contribution in [0.3, 0.4) is 0 Å². The number of allylic oxidation sites excluding steroid dienone is 3. The Bertz CT molecular complexity index is 2890. The van der Waals surface area contributed by atoms with Gasteiger partial charge in [0.15, 0.2) is 0 Å². The Balaban J connectivity index is 0.930. The highest BCUT2D eigenvalue weighted by molar-refractivity contribution is 5.85. The summed E-state index contributed by atoms with van der Waals surface area (Å²) in [5.41, 5.74) is 22.1. The van der Waals surface area contributed by atoms with E-state index in [9.17, 15) is 0 Å². The zero-order chi connectivity index (χ0) is 40.6. The largest absolute Gasteiger partial charge is 0.338 e. The predicted molar refractivity (Wildman–Crippen MR) is 255 cm³/mol. The van der Waals surface area contributed by atoms with Gasteiger partial charge in [-0.05, 0) is 133 Å². The third-order valence-corrected chi connectivity index (χ3v) is 12.9. The summed E-state index contributed by atoms with van der Waals surface area (Å²) in [4.78, 5) is 2.40. The topological polar surface area (TPSA) is 3.24 Å². The summed E-state index contributed by atoms with van der Waals surface area (Å²) in [6.45, 7) is 7.58. The van der Waals surface area contributed by atoms with Crippen molar-refractivity contribution >= 4 is 16.9 Å². The van der Waals surface area contributed by atoms with Gasteiger partial charge in [-0.2, -0.15) is 0 Å². The molecule has 0 N–H and O–H groups in total. The molecule has 2 aliphatic carbocycles. The van der Waals surface area contributed by atoms with Crippen LogP contribution in [0.2, 0.25) is 0 Å². The summed E-state index contributed by atoms with van der Waals surface area (Å²) in [6.07, 6.45) is 7.82. The van der Waals surface area contributed by atoms with E-state index in [2.05, 4.69) is 238 Å². The van der Waals surface area contributed by atoms with E-state index >= 15 is 0 Å². The van der Waals surface area contributed by atoms with Gasteiger partial charge in [0.2, 0.25) is 0 Å². The Morgan fingerprint density at radius 2 is 1.17 bits per heavy atom. The number of fused-ring (bicyclic) bond motifs is 6. The average Bonchev–Trinajstić information content (AvgIpc) is 3.54. The van der Waals surface area contributed by atoms with Gasteiger partial charge < -0.3 is 4.90 Å². The van der Waals surface area contributed by atoms with Crippen molar-refractivity contribution in [1.29, 1.82) is 0 Å². The summed E-state index contributed by atoms with van der Waals surface area (Å²) in [7, 11) is 0. The molecular formula is C59H49N. The highest BCUT2D eigenvalue weighted by Gasteiger charge is 2.35. The van der Waals surface area contributed by atoms with Crippen LogP contribution in [-0.4, -0.2) is 6.54 Å². The maximum atomic E-state index is 2.42. The van der Waals surface area contributed by atoms with Gasteiger partial charge >= 0.3 is 0 Å². The van der Waals surface area contributed by atoms with E-state index in [1.54, 1.807) is 0 Å². The second-order valence-corrected chi connectivity index (χ2v) is 16.8. The molecule has 0 heterocycles. The van der Waals surface area contributed by atoms with Crippen molar-refractivity contribution in [3.8, 4) is 44.5 Å². The van der Waals surface area contributed by atoms with Crippen LogP contribution in [-0.2, 0) is 11.8 Å². The molecule has 0 radical (unpaired) electrons. The third kappa shape index (κ3) is 6.81. The lowest BCUT2D eigenvalue weighted by atomic mass is 9.74. The zero-order valence-electron chi connectivity index (χ0n) is 34.6. The molecule has 1 unspecified atom stereocenters. The van der Waals surface area contributed by atoms with Crippen LogP contribution in [0.1, 0.15) is 60.1 Å². The van der Waals surface area contributed by atoms with Crippen molar-refractivity contribution in [2.45, 2.75) is 38.5 Å². The number of anilines is 2. The lowest BCUT2D eigenvalue weighted by Gasteiger charge is -2.29. The van der Waals surface area contributed by atoms with Crippen molar-refractivity contribution in [3.63, 3.8) is 0 Å². The highest BCUT2D eigenvalue weighted by Crippen LogP contribution is 2.49. The van der Waals surface area contributed by atoms with Crippen molar-refractivity contribution in [3.05, 3.63) is 246 Å². The van der Waals surface area contributed by atoms with Crippen LogP contribution in [0.25, 0.3) is 50.1 Å². The van der Waals surface area contributed by atoms with Crippen molar-refractivity contribution in [1.82, 2.24) is 0 Å². The maximum absolute atomic E-state index is 2.42. The van der Waals surface area contributed by atoms with E-state index in [1.807, 2.05) is 0 Å². The number of benzene rings is 8. The summed E-state index contributed by atoms with van der Waals surface area (Å²) in [6, 6.07) is 71.7. The molecule has 0 aromatic heterocycles. The standard InChI is InChI=1S/C59H49N/c1-4-41(46-31-35-54-53-26-13-14-27-57(53)59(2,3)58(54)40-46)22-16-36-60(49-23-9-6-10-24-49)50-32-28-43(29-33-50)45-30-34-52-55(39-48-19-11-12-25-51(48)56(52)38-45)47-21-15-20-44(37-47)42-17-7-5-8-18-42/h4-35,37-38,40,55H,36,39H2,1-3H3/b22-16-,41-4+. The Kier molecular flexibility index (Phi) is 9.74. The molecular weight excluding hydrogens is 723 g/mol. The fourth-order valence-electron chi connectivity index (χ4n) is 9.76. The van der Waals surface area contributed by atoms with E-state index in [4.69, 9.17) is 0 Å². The lowest BCUT2D eigenvalue weighted by molar-refractivity contribution is 0.660. The van der Waals surface area contributed by atoms with Gasteiger partial charge in [-0.1, -0.05) is 190 Å². The van der Waals surface area contributed by atoms with Crippen LogP contribution < -0.4 is 4.90 Å². The average molecular weight is 772 g/mol. The Hall–Kier alpha value is -6.96. The molecule has 0 aliphatic heterocycles. The molecule has 0 bridgehead atoms. The smallest absolute Gasteiger partial charge is 0.0415 e. The van der Waals surface area contributed by atoms with Crippen LogP contribution in [0.5, 0.6) is 0 Å². The first-order chi connectivity index (χ1) is 29.5. The predicted octanol–water partition coefficient (Wildman–Crippen LogP) is 15.5. The molecule has 0 amide bonds. The van der Waals surface area contributed by atoms with Crippen LogP contribution >= 0.6 is 0 Å². The van der Waals surface area contributed by atoms with E-state index in [0.717, 1.165) is 18.7 Å². The quantitative estimate of drug-likeness (QED) is 0.132. The molecule has 10 rings (SSSR count). The minimum Gasteiger partial charge on any atom is -0.338 e. The molecule has 290 valence electrons. The summed E-state index contributed by atoms with van der Waals surface area (Å²) in [5.74, 6) is 0.289. The minimum atomic E-state index is -0.0256. The van der Waals surface area contributed by atoms with Gasteiger partial charge in [0, 0.05) is 29.3 Å². The first-order valence-electron chi connectivity index (χ1n) is 21.3. The number of rotatable bonds is 9. The van der Waals surface area contributed by atoms with E-state index in [-0.39, 0.29) is 11.3 Å². The monoisotopic (exact) mass is 771 g/mol. The fourth-order valence-corrected chi connectivity index (χ4v) is 9.76. The Morgan fingerprint density at radius 1 is 0.533 bits per heavy atom. The molecule has 8 aromatic rings. The molecule has 0 fully saturated rings. The SMILES string of the molecule is C/C=C(\C=C/CN(c1ccccc1)c1ccc(-c2ccc3c(c2)-c2ccccc2CC3c2cccc(-c3ccccc3)c2)cc1)c1ccc2c(c1)C(C)(C)c1ccccc1-2. The van der Waals surface area contributed by atoms with Crippen LogP contribution in [0.15, 0.2) is 212 Å². The van der Waals surface area contributed by atoms with Crippen LogP contribution in [0.4, 0.5) is 11.4 Å². The summed E-state index contributed by atoms with van der Waals surface area (Å²) < 4.78 is 0. The lowest BCUT2D eigenvalue weighted by Crippen LogP contribution is -2.16. The number of hydrogen-bond donors (Lipinski definition) is 0. The molecule has 0 saturated carbocycles. The first kappa shape index (κ1) is 37.3. The molecule has 2 aliphatic rings. The van der Waals surface area contributed by atoms with Gasteiger partial charge in [-0.15, -0.1) is 0 Å². The zero-order valence-corrected chi connectivity index (χ0v) is 34.6. The molecule has 0 spiro atoms. The third-order valence-electron chi connectivity index (χ3n) is 12.9. The summed E-state index contributed by atoms with van der Waals surface area (Å²) in [5, 5.41) is 0. The number of nitrogens with zero attached hydrogens (tertiary/aromatic N) is 1. The van der Waals surface area contributed by atoms with Crippen molar-refractivity contribution in [2.75, 3.05) is 11.4 Å². The molecule has 1 heteroatoms. The van der Waals surface area contributed by atoms with Gasteiger partial charge in [-0.25, -0.2) is 0 Å². The van der Waals surface area contributed by atoms with E-state index in [1.165, 1.54) is 89.1 Å². The van der Waals surface area contributed by atoms with Crippen molar-refractivity contribution < 1.29 is 0 Å². The number of para-hydroxylation sites is 1. The fraction of sp³-hybridized carbons (Fsp3) is 0.119. The second kappa shape index (κ2) is 15.7. The van der Waals surface area contributed by atoms with E-state index in [0.29, 0.717) is 0 Å². The highest BCUT2D eigenvalue weighted by atomic mass is 15.1. The Morgan fingerprint density at radius 3 is 1.97 bits per heavy atom. The van der Waals surface area contributed by atoms with Gasteiger partial charge in [0.1, 0.15) is 0 Å². The number of hydrogen-bond acceptors (Lipinski definition) is 1. The van der Waals surface area contributed by atoms with Crippen molar-refractivity contribution in [2.24, 2.45) is 0 Å². The molecule has 1 nitrogen and oxygen atoms in total. The summed E-state index contributed by atoms with van der Waals surface area (Å²) >= 11 is 0. The van der Waals surface area contributed by atoms with Crippen LogP contribution in [0, 0.1) is 0 Å². The Labute approximate surface area is 355 Å². The normalized spacial score (nSPS) is 14.9. The first-order valence-corrected chi connectivity index (χ1v) is 21.3. The second-order valence-electron chi connectivity index (χ2n) is 16.8. The molecule has 8 aromatic carbocycles. The van der Waals surface area contributed by atoms with E-state index < -0.39 is 0 Å². The molecule has 0 saturated heterocycles. The molecule has 1 atom stereocenters. The van der Waals surface area contributed by atoms with Gasteiger partial charge in [0.05, 0.1) is 0 Å². The molecule has 60 heavy (non-hydrogen) atoms. The van der Waals surface area contributed by atoms with Gasteiger partial charge in [0.25, 0.3) is 0 Å². The minimum absolute atomic E-state index is 0.0256. The maximum Gasteiger partial charge on any atom is 0.0415 e. The van der Waals surface area contributed by atoms with Gasteiger partial charge in [-0.3, -0.25) is 0 Å².